The van der Waals surface area contributed by atoms with Gasteiger partial charge in [0.1, 0.15) is 18.5 Å². The van der Waals surface area contributed by atoms with Crippen molar-refractivity contribution in [2.75, 3.05) is 13.2 Å². The first-order valence-electron chi connectivity index (χ1n) is 7.32. The third kappa shape index (κ3) is 4.84. The van der Waals surface area contributed by atoms with Gasteiger partial charge in [-0.15, -0.1) is 11.3 Å². The second-order valence-corrected chi connectivity index (χ2v) is 6.29. The lowest BCUT2D eigenvalue weighted by molar-refractivity contribution is 0.0188. The maximum atomic E-state index is 6.19. The van der Waals surface area contributed by atoms with Crippen LogP contribution in [0, 0.1) is 6.92 Å². The SMILES string of the molecule is CCC(N)C(OCCOc1ccccc1)c1ccc(C)s1. The van der Waals surface area contributed by atoms with E-state index in [-0.39, 0.29) is 12.1 Å². The van der Waals surface area contributed by atoms with Gasteiger partial charge in [-0.05, 0) is 37.6 Å². The lowest BCUT2D eigenvalue weighted by Crippen LogP contribution is -2.30. The van der Waals surface area contributed by atoms with Crippen LogP contribution < -0.4 is 10.5 Å². The van der Waals surface area contributed by atoms with Crippen LogP contribution in [0.3, 0.4) is 0 Å². The molecule has 4 heteroatoms. The first-order valence-corrected chi connectivity index (χ1v) is 8.13. The molecule has 2 aromatic rings. The fourth-order valence-electron chi connectivity index (χ4n) is 2.09. The van der Waals surface area contributed by atoms with Gasteiger partial charge in [0.25, 0.3) is 0 Å². The van der Waals surface area contributed by atoms with Crippen LogP contribution in [-0.4, -0.2) is 19.3 Å². The molecule has 0 bridgehead atoms. The number of aryl methyl sites for hydroxylation is 1. The van der Waals surface area contributed by atoms with Crippen molar-refractivity contribution in [3.05, 3.63) is 52.2 Å². The number of hydrogen-bond donors (Lipinski definition) is 1. The Kier molecular flexibility index (Phi) is 6.23. The molecule has 0 aliphatic rings. The van der Waals surface area contributed by atoms with Crippen LogP contribution in [0.25, 0.3) is 0 Å². The van der Waals surface area contributed by atoms with Gasteiger partial charge >= 0.3 is 0 Å². The highest BCUT2D eigenvalue weighted by atomic mass is 32.1. The third-order valence-corrected chi connectivity index (χ3v) is 4.36. The molecule has 0 aliphatic heterocycles. The van der Waals surface area contributed by atoms with Crippen molar-refractivity contribution < 1.29 is 9.47 Å². The van der Waals surface area contributed by atoms with Gasteiger partial charge in [-0.2, -0.15) is 0 Å². The Morgan fingerprint density at radius 3 is 2.48 bits per heavy atom. The van der Waals surface area contributed by atoms with Gasteiger partial charge < -0.3 is 15.2 Å². The van der Waals surface area contributed by atoms with E-state index < -0.39 is 0 Å². The lowest BCUT2D eigenvalue weighted by Gasteiger charge is -2.22. The molecule has 0 radical (unpaired) electrons. The standard InChI is InChI=1S/C17H23NO2S/c1-3-15(18)17(16-10-9-13(2)21-16)20-12-11-19-14-7-5-4-6-8-14/h4-10,15,17H,3,11-12,18H2,1-2H3. The molecule has 3 nitrogen and oxygen atoms in total. The summed E-state index contributed by atoms with van der Waals surface area (Å²) in [5.74, 6) is 0.865. The van der Waals surface area contributed by atoms with Crippen LogP contribution in [0.5, 0.6) is 5.75 Å². The van der Waals surface area contributed by atoms with Crippen molar-refractivity contribution >= 4 is 11.3 Å². The van der Waals surface area contributed by atoms with Gasteiger partial charge in [-0.1, -0.05) is 25.1 Å². The molecule has 21 heavy (non-hydrogen) atoms. The summed E-state index contributed by atoms with van der Waals surface area (Å²) in [6, 6.07) is 14.0. The van der Waals surface area contributed by atoms with E-state index in [2.05, 4.69) is 26.0 Å². The maximum absolute atomic E-state index is 6.19. The largest absolute Gasteiger partial charge is 0.491 e. The zero-order chi connectivity index (χ0) is 15.1. The minimum absolute atomic E-state index is 0.0137. The van der Waals surface area contributed by atoms with E-state index >= 15 is 0 Å². The van der Waals surface area contributed by atoms with Crippen molar-refractivity contribution in [2.45, 2.75) is 32.4 Å². The molecular formula is C17H23NO2S. The van der Waals surface area contributed by atoms with E-state index in [1.165, 1.54) is 9.75 Å². The zero-order valence-electron chi connectivity index (χ0n) is 12.6. The monoisotopic (exact) mass is 305 g/mol. The normalized spacial score (nSPS) is 13.9. The number of rotatable bonds is 8. The molecule has 114 valence electrons. The predicted molar refractivity (Wildman–Crippen MR) is 88.0 cm³/mol. The Balaban J connectivity index is 1.85. The van der Waals surface area contributed by atoms with Crippen LogP contribution in [0.2, 0.25) is 0 Å². The summed E-state index contributed by atoms with van der Waals surface area (Å²) in [6.45, 7) is 5.24. The molecule has 1 heterocycles. The summed E-state index contributed by atoms with van der Waals surface area (Å²) in [5.41, 5.74) is 6.19. The molecule has 0 aliphatic carbocycles. The minimum atomic E-state index is -0.0481. The summed E-state index contributed by atoms with van der Waals surface area (Å²) in [4.78, 5) is 2.48. The molecule has 2 unspecified atom stereocenters. The summed E-state index contributed by atoms with van der Waals surface area (Å²) in [6.07, 6.45) is 0.842. The summed E-state index contributed by atoms with van der Waals surface area (Å²) in [7, 11) is 0. The van der Waals surface area contributed by atoms with E-state index in [0.717, 1.165) is 12.2 Å². The van der Waals surface area contributed by atoms with E-state index in [4.69, 9.17) is 15.2 Å². The Labute approximate surface area is 130 Å². The van der Waals surface area contributed by atoms with E-state index in [1.54, 1.807) is 11.3 Å². The first-order chi connectivity index (χ1) is 10.2. The number of ether oxygens (including phenoxy) is 2. The van der Waals surface area contributed by atoms with Crippen LogP contribution in [0.15, 0.2) is 42.5 Å². The minimum Gasteiger partial charge on any atom is -0.491 e. The molecule has 0 fully saturated rings. The highest BCUT2D eigenvalue weighted by molar-refractivity contribution is 7.12. The number of benzene rings is 1. The summed E-state index contributed by atoms with van der Waals surface area (Å²) >= 11 is 1.75. The Morgan fingerprint density at radius 1 is 1.10 bits per heavy atom. The van der Waals surface area contributed by atoms with Crippen molar-refractivity contribution in [1.82, 2.24) is 0 Å². The van der Waals surface area contributed by atoms with Crippen LogP contribution in [0.4, 0.5) is 0 Å². The average molecular weight is 305 g/mol. The highest BCUT2D eigenvalue weighted by Gasteiger charge is 2.20. The predicted octanol–water partition coefficient (Wildman–Crippen LogP) is 3.93. The molecule has 2 atom stereocenters. The van der Waals surface area contributed by atoms with Crippen molar-refractivity contribution in [3.63, 3.8) is 0 Å². The molecule has 2 N–H and O–H groups in total. The molecule has 0 spiro atoms. The van der Waals surface area contributed by atoms with Gasteiger partial charge in [0, 0.05) is 15.8 Å². The van der Waals surface area contributed by atoms with Gasteiger partial charge in [0.2, 0.25) is 0 Å². The first kappa shape index (κ1) is 16.0. The van der Waals surface area contributed by atoms with E-state index in [0.29, 0.717) is 13.2 Å². The van der Waals surface area contributed by atoms with Gasteiger partial charge in [-0.25, -0.2) is 0 Å². The smallest absolute Gasteiger partial charge is 0.119 e. The zero-order valence-corrected chi connectivity index (χ0v) is 13.4. The number of hydrogen-bond acceptors (Lipinski definition) is 4. The molecule has 1 aromatic heterocycles. The van der Waals surface area contributed by atoms with E-state index in [1.807, 2.05) is 30.3 Å². The highest BCUT2D eigenvalue weighted by Crippen LogP contribution is 2.28. The van der Waals surface area contributed by atoms with Gasteiger partial charge in [0.05, 0.1) is 6.61 Å². The van der Waals surface area contributed by atoms with Crippen LogP contribution in [-0.2, 0) is 4.74 Å². The Hall–Kier alpha value is -1.36. The second kappa shape index (κ2) is 8.17. The van der Waals surface area contributed by atoms with Gasteiger partial charge in [-0.3, -0.25) is 0 Å². The molecule has 1 aromatic carbocycles. The van der Waals surface area contributed by atoms with Crippen LogP contribution >= 0.6 is 11.3 Å². The topological polar surface area (TPSA) is 44.5 Å². The number of para-hydroxylation sites is 1. The van der Waals surface area contributed by atoms with Crippen molar-refractivity contribution in [1.29, 1.82) is 0 Å². The molecule has 0 saturated carbocycles. The fraction of sp³-hybridized carbons (Fsp3) is 0.412. The van der Waals surface area contributed by atoms with Crippen molar-refractivity contribution in [2.24, 2.45) is 5.73 Å². The molecule has 2 rings (SSSR count). The molecule has 0 saturated heterocycles. The van der Waals surface area contributed by atoms with E-state index in [9.17, 15) is 0 Å². The lowest BCUT2D eigenvalue weighted by atomic mass is 10.1. The van der Waals surface area contributed by atoms with Gasteiger partial charge in [0.15, 0.2) is 0 Å². The molecular weight excluding hydrogens is 282 g/mol. The average Bonchev–Trinajstić information content (AvgIpc) is 2.94. The second-order valence-electron chi connectivity index (χ2n) is 4.97. The molecule has 0 amide bonds. The Bertz CT molecular complexity index is 527. The maximum Gasteiger partial charge on any atom is 0.119 e. The number of nitrogens with two attached hydrogens (primary N) is 1. The van der Waals surface area contributed by atoms with Crippen LogP contribution in [0.1, 0.15) is 29.2 Å². The fourth-order valence-corrected chi connectivity index (χ4v) is 3.09. The summed E-state index contributed by atoms with van der Waals surface area (Å²) in [5, 5.41) is 0. The number of thiophene rings is 1. The summed E-state index contributed by atoms with van der Waals surface area (Å²) < 4.78 is 11.6. The Morgan fingerprint density at radius 2 is 1.86 bits per heavy atom. The van der Waals surface area contributed by atoms with Crippen molar-refractivity contribution in [3.8, 4) is 5.75 Å². The third-order valence-electron chi connectivity index (χ3n) is 3.29. The quantitative estimate of drug-likeness (QED) is 0.752.